The minimum atomic E-state index is 0.401. The Labute approximate surface area is 122 Å². The first-order valence-corrected chi connectivity index (χ1v) is 7.14. The summed E-state index contributed by atoms with van der Waals surface area (Å²) >= 11 is 2.28. The third-order valence-corrected chi connectivity index (χ3v) is 4.02. The van der Waals surface area contributed by atoms with E-state index in [1.807, 2.05) is 4.68 Å². The first-order chi connectivity index (χ1) is 8.49. The normalized spacial score (nSPS) is 11.2. The zero-order chi connectivity index (χ0) is 13.3. The molecule has 2 rings (SSSR count). The van der Waals surface area contributed by atoms with Crippen LogP contribution in [0, 0.1) is 10.5 Å². The van der Waals surface area contributed by atoms with Crippen LogP contribution in [0.4, 0.5) is 5.82 Å². The minimum absolute atomic E-state index is 0.401. The molecule has 0 saturated heterocycles. The van der Waals surface area contributed by atoms with Crippen molar-refractivity contribution < 1.29 is 0 Å². The van der Waals surface area contributed by atoms with Crippen LogP contribution < -0.4 is 5.73 Å². The summed E-state index contributed by atoms with van der Waals surface area (Å²) in [5.41, 5.74) is 9.70. The Balaban J connectivity index is 2.32. The average molecular weight is 355 g/mol. The zero-order valence-electron chi connectivity index (χ0n) is 10.9. The molecule has 96 valence electrons. The topological polar surface area (TPSA) is 43.8 Å². The Hall–Kier alpha value is -1.04. The number of nitrogen functional groups attached to an aromatic ring is 1. The van der Waals surface area contributed by atoms with Crippen molar-refractivity contribution in [1.82, 2.24) is 9.78 Å². The number of aromatic nitrogens is 2. The molecule has 1 aromatic heterocycles. The molecule has 0 radical (unpaired) electrons. The zero-order valence-corrected chi connectivity index (χ0v) is 13.1. The van der Waals surface area contributed by atoms with Crippen molar-refractivity contribution in [3.05, 3.63) is 44.7 Å². The van der Waals surface area contributed by atoms with Crippen molar-refractivity contribution >= 4 is 28.4 Å². The number of anilines is 1. The van der Waals surface area contributed by atoms with Crippen LogP contribution in [0.5, 0.6) is 0 Å². The minimum Gasteiger partial charge on any atom is -0.383 e. The van der Waals surface area contributed by atoms with Crippen LogP contribution in [-0.2, 0) is 6.54 Å². The van der Waals surface area contributed by atoms with Gasteiger partial charge in [-0.25, -0.2) is 4.68 Å². The van der Waals surface area contributed by atoms with Gasteiger partial charge >= 0.3 is 0 Å². The van der Waals surface area contributed by atoms with Crippen molar-refractivity contribution in [2.45, 2.75) is 33.2 Å². The van der Waals surface area contributed by atoms with E-state index < -0.39 is 0 Å². The predicted molar refractivity (Wildman–Crippen MR) is 83.7 cm³/mol. The van der Waals surface area contributed by atoms with Crippen LogP contribution >= 0.6 is 22.6 Å². The lowest BCUT2D eigenvalue weighted by atomic mass is 10.1. The van der Waals surface area contributed by atoms with E-state index in [0.29, 0.717) is 5.92 Å². The van der Waals surface area contributed by atoms with Crippen LogP contribution in [0.25, 0.3) is 0 Å². The highest BCUT2D eigenvalue weighted by Crippen LogP contribution is 2.25. The Kier molecular flexibility index (Phi) is 3.94. The van der Waals surface area contributed by atoms with E-state index in [-0.39, 0.29) is 0 Å². The maximum atomic E-state index is 6.12. The molecule has 0 saturated carbocycles. The molecule has 4 heteroatoms. The second kappa shape index (κ2) is 5.30. The number of hydrogen-bond donors (Lipinski definition) is 1. The van der Waals surface area contributed by atoms with E-state index in [1.165, 1.54) is 11.1 Å². The molecule has 0 spiro atoms. The van der Waals surface area contributed by atoms with Crippen molar-refractivity contribution in [2.24, 2.45) is 0 Å². The lowest BCUT2D eigenvalue weighted by molar-refractivity contribution is 0.664. The van der Waals surface area contributed by atoms with Gasteiger partial charge in [0.15, 0.2) is 0 Å². The van der Waals surface area contributed by atoms with Gasteiger partial charge in [0.25, 0.3) is 0 Å². The maximum absolute atomic E-state index is 6.12. The molecule has 0 aliphatic carbocycles. The summed E-state index contributed by atoms with van der Waals surface area (Å²) in [6.45, 7) is 7.11. The smallest absolute Gasteiger partial charge is 0.135 e. The molecule has 1 heterocycles. The molecular formula is C14H18IN3. The number of benzene rings is 1. The number of hydrogen-bond acceptors (Lipinski definition) is 2. The third-order valence-electron chi connectivity index (χ3n) is 2.92. The highest BCUT2D eigenvalue weighted by molar-refractivity contribution is 14.1. The second-order valence-corrected chi connectivity index (χ2v) is 5.96. The van der Waals surface area contributed by atoms with Crippen molar-refractivity contribution in [2.75, 3.05) is 5.73 Å². The number of rotatable bonds is 3. The Morgan fingerprint density at radius 1 is 1.39 bits per heavy atom. The quantitative estimate of drug-likeness (QED) is 0.856. The number of nitrogens with zero attached hydrogens (tertiary/aromatic N) is 2. The highest BCUT2D eigenvalue weighted by Gasteiger charge is 2.15. The number of nitrogens with two attached hydrogens (primary N) is 1. The number of aryl methyl sites for hydroxylation is 1. The van der Waals surface area contributed by atoms with Gasteiger partial charge in [0.05, 0.1) is 15.8 Å². The van der Waals surface area contributed by atoms with E-state index in [9.17, 15) is 0 Å². The SMILES string of the molecule is Cc1cccc(Cn2nc(C(C)C)c(I)c2N)c1. The molecule has 0 bridgehead atoms. The fourth-order valence-electron chi connectivity index (χ4n) is 1.95. The van der Waals surface area contributed by atoms with Crippen molar-refractivity contribution in [3.63, 3.8) is 0 Å². The van der Waals surface area contributed by atoms with Gasteiger partial charge < -0.3 is 5.73 Å². The van der Waals surface area contributed by atoms with E-state index in [1.54, 1.807) is 0 Å². The Morgan fingerprint density at radius 2 is 2.11 bits per heavy atom. The van der Waals surface area contributed by atoms with Crippen LogP contribution in [0.1, 0.15) is 36.6 Å². The molecule has 2 N–H and O–H groups in total. The third kappa shape index (κ3) is 2.68. The summed E-state index contributed by atoms with van der Waals surface area (Å²) in [7, 11) is 0. The first-order valence-electron chi connectivity index (χ1n) is 6.06. The molecule has 0 amide bonds. The molecule has 1 aromatic carbocycles. The lowest BCUT2D eigenvalue weighted by Crippen LogP contribution is -2.06. The van der Waals surface area contributed by atoms with Gasteiger partial charge in [-0.1, -0.05) is 43.7 Å². The van der Waals surface area contributed by atoms with Gasteiger partial charge in [0, 0.05) is 0 Å². The van der Waals surface area contributed by atoms with Crippen molar-refractivity contribution in [3.8, 4) is 0 Å². The summed E-state index contributed by atoms with van der Waals surface area (Å²) in [6, 6.07) is 8.44. The van der Waals surface area contributed by atoms with Gasteiger partial charge in [0.1, 0.15) is 5.82 Å². The molecule has 0 atom stereocenters. The number of halogens is 1. The van der Waals surface area contributed by atoms with Gasteiger partial charge in [-0.3, -0.25) is 0 Å². The molecule has 0 aliphatic heterocycles. The van der Waals surface area contributed by atoms with E-state index in [2.05, 4.69) is 72.7 Å². The van der Waals surface area contributed by atoms with Crippen molar-refractivity contribution in [1.29, 1.82) is 0 Å². The first kappa shape index (κ1) is 13.4. The lowest BCUT2D eigenvalue weighted by Gasteiger charge is -2.05. The molecule has 0 aliphatic rings. The van der Waals surface area contributed by atoms with Crippen LogP contribution in [0.3, 0.4) is 0 Å². The molecule has 18 heavy (non-hydrogen) atoms. The van der Waals surface area contributed by atoms with Gasteiger partial charge in [-0.05, 0) is 41.0 Å². The van der Waals surface area contributed by atoms with Crippen LogP contribution in [0.2, 0.25) is 0 Å². The molecule has 3 nitrogen and oxygen atoms in total. The highest BCUT2D eigenvalue weighted by atomic mass is 127. The van der Waals surface area contributed by atoms with Gasteiger partial charge in [0.2, 0.25) is 0 Å². The second-order valence-electron chi connectivity index (χ2n) is 4.89. The maximum Gasteiger partial charge on any atom is 0.135 e. The van der Waals surface area contributed by atoms with Crippen LogP contribution in [-0.4, -0.2) is 9.78 Å². The molecule has 0 unspecified atom stereocenters. The summed E-state index contributed by atoms with van der Waals surface area (Å²) in [5.74, 6) is 1.17. The Morgan fingerprint density at radius 3 is 2.67 bits per heavy atom. The monoisotopic (exact) mass is 355 g/mol. The molecular weight excluding hydrogens is 337 g/mol. The summed E-state index contributed by atoms with van der Waals surface area (Å²) < 4.78 is 2.97. The van der Waals surface area contributed by atoms with Gasteiger partial charge in [-0.15, -0.1) is 0 Å². The summed E-state index contributed by atoms with van der Waals surface area (Å²) in [6.07, 6.45) is 0. The van der Waals surface area contributed by atoms with Gasteiger partial charge in [-0.2, -0.15) is 5.10 Å². The summed E-state index contributed by atoms with van der Waals surface area (Å²) in [5, 5.41) is 4.62. The fourth-order valence-corrected chi connectivity index (χ4v) is 2.95. The van der Waals surface area contributed by atoms with Crippen LogP contribution in [0.15, 0.2) is 24.3 Å². The molecule has 0 fully saturated rings. The predicted octanol–water partition coefficient (Wildman–Crippen LogP) is 3.55. The summed E-state index contributed by atoms with van der Waals surface area (Å²) in [4.78, 5) is 0. The average Bonchev–Trinajstić information content (AvgIpc) is 2.58. The Bertz CT molecular complexity index is 558. The van der Waals surface area contributed by atoms with E-state index in [4.69, 9.17) is 5.73 Å². The fraction of sp³-hybridized carbons (Fsp3) is 0.357. The molecule has 2 aromatic rings. The van der Waals surface area contributed by atoms with E-state index >= 15 is 0 Å². The van der Waals surface area contributed by atoms with E-state index in [0.717, 1.165) is 21.6 Å². The largest absolute Gasteiger partial charge is 0.383 e. The standard InChI is InChI=1S/C14H18IN3/c1-9(2)13-12(15)14(16)18(17-13)8-11-6-4-5-10(3)7-11/h4-7,9H,8,16H2,1-3H3.